The predicted molar refractivity (Wildman–Crippen MR) is 67.4 cm³/mol. The van der Waals surface area contributed by atoms with Crippen molar-refractivity contribution in [2.24, 2.45) is 7.05 Å². The highest BCUT2D eigenvalue weighted by Crippen LogP contribution is 2.04. The molecule has 0 aliphatic rings. The fourth-order valence-corrected chi connectivity index (χ4v) is 1.82. The van der Waals surface area contributed by atoms with Gasteiger partial charge in [0, 0.05) is 39.1 Å². The molecule has 3 nitrogen and oxygen atoms in total. The number of hydrogen-bond donors (Lipinski definition) is 1. The van der Waals surface area contributed by atoms with Gasteiger partial charge in [-0.3, -0.25) is 0 Å². The standard InChI is InChI=1S/C13H24N2O/c1-4-5-6-13(11-16-3)14-9-12-7-8-15(2)10-12/h7-8,10,13-14H,4-6,9,11H2,1-3H3. The zero-order valence-electron chi connectivity index (χ0n) is 10.7. The normalized spacial score (nSPS) is 12.9. The largest absolute Gasteiger partial charge is 0.383 e. The first-order chi connectivity index (χ1) is 7.76. The van der Waals surface area contributed by atoms with Crippen LogP contribution in [0.2, 0.25) is 0 Å². The van der Waals surface area contributed by atoms with E-state index in [1.165, 1.54) is 24.8 Å². The van der Waals surface area contributed by atoms with Gasteiger partial charge in [0.2, 0.25) is 0 Å². The van der Waals surface area contributed by atoms with Crippen LogP contribution in [0.25, 0.3) is 0 Å². The Morgan fingerprint density at radius 2 is 2.31 bits per heavy atom. The maximum Gasteiger partial charge on any atom is 0.0615 e. The summed E-state index contributed by atoms with van der Waals surface area (Å²) in [6, 6.07) is 2.63. The summed E-state index contributed by atoms with van der Waals surface area (Å²) in [4.78, 5) is 0. The van der Waals surface area contributed by atoms with Crippen LogP contribution in [0.5, 0.6) is 0 Å². The third-order valence-electron chi connectivity index (χ3n) is 2.76. The molecule has 0 amide bonds. The first-order valence-electron chi connectivity index (χ1n) is 6.09. The van der Waals surface area contributed by atoms with Crippen LogP contribution >= 0.6 is 0 Å². The maximum absolute atomic E-state index is 5.23. The van der Waals surface area contributed by atoms with E-state index >= 15 is 0 Å². The number of aromatic nitrogens is 1. The van der Waals surface area contributed by atoms with Gasteiger partial charge in [-0.2, -0.15) is 0 Å². The Kier molecular flexibility index (Phi) is 6.19. The van der Waals surface area contributed by atoms with E-state index < -0.39 is 0 Å². The summed E-state index contributed by atoms with van der Waals surface area (Å²) in [6.45, 7) is 3.95. The lowest BCUT2D eigenvalue weighted by Gasteiger charge is -2.17. The van der Waals surface area contributed by atoms with E-state index in [2.05, 4.69) is 35.3 Å². The van der Waals surface area contributed by atoms with Gasteiger partial charge in [0.05, 0.1) is 6.61 Å². The molecule has 1 heterocycles. The number of rotatable bonds is 8. The number of unbranched alkanes of at least 4 members (excludes halogenated alkanes) is 1. The molecule has 1 aromatic heterocycles. The van der Waals surface area contributed by atoms with Crippen LogP contribution in [0, 0.1) is 0 Å². The fourth-order valence-electron chi connectivity index (χ4n) is 1.82. The van der Waals surface area contributed by atoms with E-state index in [-0.39, 0.29) is 0 Å². The van der Waals surface area contributed by atoms with Crippen LogP contribution in [0.4, 0.5) is 0 Å². The Morgan fingerprint density at radius 3 is 2.88 bits per heavy atom. The summed E-state index contributed by atoms with van der Waals surface area (Å²) in [5.74, 6) is 0. The van der Waals surface area contributed by atoms with E-state index in [0.29, 0.717) is 6.04 Å². The summed E-state index contributed by atoms with van der Waals surface area (Å²) in [5, 5.41) is 3.55. The molecule has 16 heavy (non-hydrogen) atoms. The summed E-state index contributed by atoms with van der Waals surface area (Å²) >= 11 is 0. The predicted octanol–water partition coefficient (Wildman–Crippen LogP) is 2.32. The van der Waals surface area contributed by atoms with Gasteiger partial charge in [0.1, 0.15) is 0 Å². The Bertz CT molecular complexity index is 283. The third-order valence-corrected chi connectivity index (χ3v) is 2.76. The van der Waals surface area contributed by atoms with Crippen molar-refractivity contribution in [2.45, 2.75) is 38.8 Å². The average Bonchev–Trinajstić information content (AvgIpc) is 2.68. The lowest BCUT2D eigenvalue weighted by atomic mass is 10.1. The smallest absolute Gasteiger partial charge is 0.0615 e. The van der Waals surface area contributed by atoms with Crippen molar-refractivity contribution in [3.8, 4) is 0 Å². The zero-order valence-corrected chi connectivity index (χ0v) is 10.7. The first kappa shape index (κ1) is 13.3. The van der Waals surface area contributed by atoms with Gasteiger partial charge in [-0.05, 0) is 18.1 Å². The molecule has 3 heteroatoms. The summed E-state index contributed by atoms with van der Waals surface area (Å²) < 4.78 is 7.30. The van der Waals surface area contributed by atoms with Gasteiger partial charge in [-0.1, -0.05) is 19.8 Å². The van der Waals surface area contributed by atoms with Crippen molar-refractivity contribution in [3.05, 3.63) is 24.0 Å². The SMILES string of the molecule is CCCCC(COC)NCc1ccn(C)c1. The summed E-state index contributed by atoms with van der Waals surface area (Å²) in [5.41, 5.74) is 1.33. The molecule has 0 aliphatic heterocycles. The molecule has 0 saturated heterocycles. The Balaban J connectivity index is 2.30. The molecule has 1 unspecified atom stereocenters. The second-order valence-electron chi connectivity index (χ2n) is 4.36. The van der Waals surface area contributed by atoms with E-state index in [9.17, 15) is 0 Å². The lowest BCUT2D eigenvalue weighted by Crippen LogP contribution is -2.32. The minimum atomic E-state index is 0.477. The minimum absolute atomic E-state index is 0.477. The molecule has 0 saturated carbocycles. The molecule has 1 N–H and O–H groups in total. The third kappa shape index (κ3) is 4.81. The highest BCUT2D eigenvalue weighted by Gasteiger charge is 2.07. The van der Waals surface area contributed by atoms with E-state index in [1.54, 1.807) is 7.11 Å². The van der Waals surface area contributed by atoms with Crippen molar-refractivity contribution in [1.29, 1.82) is 0 Å². The Hall–Kier alpha value is -0.800. The van der Waals surface area contributed by atoms with Gasteiger partial charge in [-0.25, -0.2) is 0 Å². The van der Waals surface area contributed by atoms with E-state index in [0.717, 1.165) is 13.2 Å². The second kappa shape index (κ2) is 7.47. The van der Waals surface area contributed by atoms with Crippen molar-refractivity contribution in [2.75, 3.05) is 13.7 Å². The molecule has 0 radical (unpaired) electrons. The highest BCUT2D eigenvalue weighted by molar-refractivity contribution is 5.09. The zero-order chi connectivity index (χ0) is 11.8. The molecule has 0 aliphatic carbocycles. The molecule has 0 aromatic carbocycles. The molecular weight excluding hydrogens is 200 g/mol. The van der Waals surface area contributed by atoms with Crippen molar-refractivity contribution < 1.29 is 4.74 Å². The topological polar surface area (TPSA) is 26.2 Å². The minimum Gasteiger partial charge on any atom is -0.383 e. The highest BCUT2D eigenvalue weighted by atomic mass is 16.5. The lowest BCUT2D eigenvalue weighted by molar-refractivity contribution is 0.160. The first-order valence-corrected chi connectivity index (χ1v) is 6.09. The molecule has 0 spiro atoms. The number of methoxy groups -OCH3 is 1. The number of aryl methyl sites for hydroxylation is 1. The van der Waals surface area contributed by atoms with Crippen molar-refractivity contribution >= 4 is 0 Å². The van der Waals surface area contributed by atoms with Gasteiger partial charge in [-0.15, -0.1) is 0 Å². The van der Waals surface area contributed by atoms with Crippen molar-refractivity contribution in [1.82, 2.24) is 9.88 Å². The maximum atomic E-state index is 5.23. The number of nitrogens with one attached hydrogen (secondary N) is 1. The monoisotopic (exact) mass is 224 g/mol. The molecule has 1 rings (SSSR count). The molecule has 0 fully saturated rings. The van der Waals surface area contributed by atoms with Crippen LogP contribution in [-0.4, -0.2) is 24.3 Å². The Morgan fingerprint density at radius 1 is 1.50 bits per heavy atom. The molecule has 1 atom stereocenters. The van der Waals surface area contributed by atoms with Crippen LogP contribution in [-0.2, 0) is 18.3 Å². The van der Waals surface area contributed by atoms with E-state index in [1.807, 2.05) is 7.05 Å². The van der Waals surface area contributed by atoms with Gasteiger partial charge >= 0.3 is 0 Å². The van der Waals surface area contributed by atoms with Crippen molar-refractivity contribution in [3.63, 3.8) is 0 Å². The molecular formula is C13H24N2O. The average molecular weight is 224 g/mol. The Labute approximate surface area is 98.8 Å². The van der Waals surface area contributed by atoms with Crippen LogP contribution in [0.15, 0.2) is 18.5 Å². The fraction of sp³-hybridized carbons (Fsp3) is 0.692. The number of ether oxygens (including phenoxy) is 1. The number of hydrogen-bond acceptors (Lipinski definition) is 2. The number of nitrogens with zero attached hydrogens (tertiary/aromatic N) is 1. The molecule has 0 bridgehead atoms. The molecule has 1 aromatic rings. The van der Waals surface area contributed by atoms with Gasteiger partial charge in [0.15, 0.2) is 0 Å². The quantitative estimate of drug-likeness (QED) is 0.733. The van der Waals surface area contributed by atoms with Gasteiger partial charge in [0.25, 0.3) is 0 Å². The molecule has 92 valence electrons. The van der Waals surface area contributed by atoms with Crippen LogP contribution in [0.3, 0.4) is 0 Å². The van der Waals surface area contributed by atoms with Crippen LogP contribution in [0.1, 0.15) is 31.7 Å². The summed E-state index contributed by atoms with van der Waals surface area (Å²) in [6.07, 6.45) is 7.92. The van der Waals surface area contributed by atoms with Gasteiger partial charge < -0.3 is 14.6 Å². The summed E-state index contributed by atoms with van der Waals surface area (Å²) in [7, 11) is 3.82. The second-order valence-corrected chi connectivity index (χ2v) is 4.36. The van der Waals surface area contributed by atoms with Crippen LogP contribution < -0.4 is 5.32 Å². The van der Waals surface area contributed by atoms with E-state index in [4.69, 9.17) is 4.74 Å².